The lowest BCUT2D eigenvalue weighted by Gasteiger charge is -2.23. The van der Waals surface area contributed by atoms with Crippen LogP contribution in [0.25, 0.3) is 0 Å². The molecule has 2 aromatic rings. The van der Waals surface area contributed by atoms with Gasteiger partial charge in [-0.05, 0) is 36.8 Å². The summed E-state index contributed by atoms with van der Waals surface area (Å²) in [5, 5.41) is 2.66. The molecule has 0 radical (unpaired) electrons. The second-order valence-corrected chi connectivity index (χ2v) is 8.51. The Morgan fingerprint density at radius 1 is 1.13 bits per heavy atom. The van der Waals surface area contributed by atoms with Gasteiger partial charge in [-0.3, -0.25) is 9.10 Å². The maximum Gasteiger partial charge on any atom is 0.416 e. The van der Waals surface area contributed by atoms with E-state index in [1.807, 2.05) is 0 Å². The van der Waals surface area contributed by atoms with Crippen LogP contribution in [0.5, 0.6) is 11.5 Å². The maximum absolute atomic E-state index is 12.9. The fraction of sp³-hybridized carbons (Fsp3) is 0.316. The first-order chi connectivity index (χ1) is 14.0. The Kier molecular flexibility index (Phi) is 6.11. The Hall–Kier alpha value is -2.95. The summed E-state index contributed by atoms with van der Waals surface area (Å²) in [7, 11) is -3.84. The second kappa shape index (κ2) is 8.42. The molecule has 1 heterocycles. The van der Waals surface area contributed by atoms with Crippen LogP contribution in [0.3, 0.4) is 0 Å². The number of hydrogen-bond acceptors (Lipinski definition) is 5. The quantitative estimate of drug-likeness (QED) is 0.705. The van der Waals surface area contributed by atoms with Gasteiger partial charge in [-0.25, -0.2) is 8.42 Å². The Morgan fingerprint density at radius 2 is 1.87 bits per heavy atom. The van der Waals surface area contributed by atoms with Crippen LogP contribution in [0.2, 0.25) is 0 Å². The molecule has 1 amide bonds. The van der Waals surface area contributed by atoms with E-state index in [0.29, 0.717) is 17.2 Å². The van der Waals surface area contributed by atoms with Crippen molar-refractivity contribution in [1.82, 2.24) is 0 Å². The first kappa shape index (κ1) is 21.8. The van der Waals surface area contributed by atoms with Gasteiger partial charge in [0.2, 0.25) is 22.7 Å². The third kappa shape index (κ3) is 5.35. The fourth-order valence-electron chi connectivity index (χ4n) is 2.90. The van der Waals surface area contributed by atoms with Gasteiger partial charge in [0.05, 0.1) is 17.5 Å². The summed E-state index contributed by atoms with van der Waals surface area (Å²) < 4.78 is 74.3. The monoisotopic (exact) mass is 444 g/mol. The molecule has 0 saturated heterocycles. The summed E-state index contributed by atoms with van der Waals surface area (Å²) in [6.07, 6.45) is -3.61. The van der Waals surface area contributed by atoms with E-state index >= 15 is 0 Å². The number of carbonyl (C=O) groups excluding carboxylic acids is 1. The van der Waals surface area contributed by atoms with Gasteiger partial charge >= 0.3 is 6.18 Å². The number of nitrogens with zero attached hydrogens (tertiary/aromatic N) is 1. The summed E-state index contributed by atoms with van der Waals surface area (Å²) in [6, 6.07) is 8.95. The van der Waals surface area contributed by atoms with Crippen molar-refractivity contribution in [2.24, 2.45) is 0 Å². The van der Waals surface area contributed by atoms with Crippen LogP contribution in [0.4, 0.5) is 24.5 Å². The molecule has 11 heteroatoms. The number of benzene rings is 2. The molecule has 30 heavy (non-hydrogen) atoms. The first-order valence-electron chi connectivity index (χ1n) is 8.88. The number of nitrogens with one attached hydrogen (secondary N) is 1. The topological polar surface area (TPSA) is 84.9 Å². The molecule has 1 aliphatic heterocycles. The molecule has 0 unspecified atom stereocenters. The first-order valence-corrected chi connectivity index (χ1v) is 10.7. The molecule has 2 aromatic carbocycles. The molecule has 0 saturated carbocycles. The third-order valence-electron chi connectivity index (χ3n) is 4.28. The summed E-state index contributed by atoms with van der Waals surface area (Å²) in [5.74, 6) is 0.699. The normalized spacial score (nSPS) is 13.2. The summed E-state index contributed by atoms with van der Waals surface area (Å²) >= 11 is 0. The Bertz CT molecular complexity index is 1040. The Labute approximate surface area is 171 Å². The van der Waals surface area contributed by atoms with Gasteiger partial charge in [-0.15, -0.1) is 0 Å². The molecule has 1 aliphatic rings. The molecule has 162 valence electrons. The molecular weight excluding hydrogens is 425 g/mol. The van der Waals surface area contributed by atoms with E-state index in [1.165, 1.54) is 6.07 Å². The average Bonchev–Trinajstić information content (AvgIpc) is 3.11. The third-order valence-corrected chi connectivity index (χ3v) is 5.48. The Balaban J connectivity index is 1.62. The highest BCUT2D eigenvalue weighted by atomic mass is 32.2. The highest BCUT2D eigenvalue weighted by molar-refractivity contribution is 7.92. The van der Waals surface area contributed by atoms with Gasteiger partial charge in [0.25, 0.3) is 0 Å². The zero-order chi connectivity index (χ0) is 21.9. The molecule has 3 rings (SSSR count). The zero-order valence-electron chi connectivity index (χ0n) is 15.9. The van der Waals surface area contributed by atoms with Crippen molar-refractivity contribution in [1.29, 1.82) is 0 Å². The minimum absolute atomic E-state index is 0.0283. The molecule has 0 atom stereocenters. The number of carbonyl (C=O) groups is 1. The van der Waals surface area contributed by atoms with Gasteiger partial charge < -0.3 is 14.8 Å². The minimum Gasteiger partial charge on any atom is -0.454 e. The molecule has 0 aromatic heterocycles. The van der Waals surface area contributed by atoms with Gasteiger partial charge in [0.15, 0.2) is 11.5 Å². The predicted octanol–water partition coefficient (Wildman–Crippen LogP) is 3.62. The number of hydrogen-bond donors (Lipinski definition) is 1. The lowest BCUT2D eigenvalue weighted by atomic mass is 10.2. The molecule has 0 fully saturated rings. The van der Waals surface area contributed by atoms with E-state index in [9.17, 15) is 26.4 Å². The van der Waals surface area contributed by atoms with E-state index < -0.39 is 21.8 Å². The van der Waals surface area contributed by atoms with Crippen LogP contribution in [0.15, 0.2) is 42.5 Å². The van der Waals surface area contributed by atoms with Crippen molar-refractivity contribution in [2.75, 3.05) is 29.2 Å². The number of amides is 1. The molecule has 0 bridgehead atoms. The number of ether oxygens (including phenoxy) is 2. The van der Waals surface area contributed by atoms with Crippen molar-refractivity contribution in [3.8, 4) is 11.5 Å². The number of anilines is 2. The smallest absolute Gasteiger partial charge is 0.416 e. The van der Waals surface area contributed by atoms with Crippen LogP contribution < -0.4 is 19.1 Å². The van der Waals surface area contributed by atoms with Crippen LogP contribution in [-0.2, 0) is 21.0 Å². The molecular formula is C19H19F3N2O5S. The van der Waals surface area contributed by atoms with Crippen molar-refractivity contribution >= 4 is 27.3 Å². The highest BCUT2D eigenvalue weighted by Gasteiger charge is 2.31. The van der Waals surface area contributed by atoms with E-state index in [4.69, 9.17) is 9.47 Å². The van der Waals surface area contributed by atoms with Gasteiger partial charge in [-0.2, -0.15) is 13.2 Å². The van der Waals surface area contributed by atoms with E-state index in [1.54, 1.807) is 18.2 Å². The number of fused-ring (bicyclic) bond motifs is 1. The van der Waals surface area contributed by atoms with Crippen LogP contribution >= 0.6 is 0 Å². The summed E-state index contributed by atoms with van der Waals surface area (Å²) in [4.78, 5) is 12.2. The average molecular weight is 444 g/mol. The van der Waals surface area contributed by atoms with Crippen LogP contribution in [0.1, 0.15) is 18.4 Å². The van der Waals surface area contributed by atoms with Crippen molar-refractivity contribution in [3.05, 3.63) is 48.0 Å². The molecule has 0 aliphatic carbocycles. The number of rotatable bonds is 7. The largest absolute Gasteiger partial charge is 0.454 e. The summed E-state index contributed by atoms with van der Waals surface area (Å²) in [5.41, 5.74) is -0.570. The van der Waals surface area contributed by atoms with Crippen molar-refractivity contribution in [3.63, 3.8) is 0 Å². The fourth-order valence-corrected chi connectivity index (χ4v) is 3.86. The molecule has 0 spiro atoms. The van der Waals surface area contributed by atoms with Crippen LogP contribution in [0, 0.1) is 0 Å². The van der Waals surface area contributed by atoms with Crippen LogP contribution in [-0.4, -0.2) is 33.9 Å². The lowest BCUT2D eigenvalue weighted by molar-refractivity contribution is -0.137. The Morgan fingerprint density at radius 3 is 2.57 bits per heavy atom. The lowest BCUT2D eigenvalue weighted by Crippen LogP contribution is -2.31. The van der Waals surface area contributed by atoms with Gasteiger partial charge in [-0.1, -0.05) is 6.07 Å². The molecule has 1 N–H and O–H groups in total. The number of alkyl halides is 3. The number of sulfonamides is 1. The number of halogens is 3. The standard InChI is InChI=1S/C19H19F3N2O5S/c1-30(26,27)24(15-5-2-4-13(10-15)19(20,21)22)9-3-6-18(25)23-14-7-8-16-17(11-14)29-12-28-16/h2,4-5,7-8,10-11H,3,6,9,12H2,1H3,(H,23,25). The van der Waals surface area contributed by atoms with E-state index in [-0.39, 0.29) is 37.8 Å². The van der Waals surface area contributed by atoms with Gasteiger partial charge in [0, 0.05) is 24.7 Å². The summed E-state index contributed by atoms with van der Waals surface area (Å²) in [6.45, 7) is -0.0434. The zero-order valence-corrected chi connectivity index (χ0v) is 16.7. The highest BCUT2D eigenvalue weighted by Crippen LogP contribution is 2.34. The minimum atomic E-state index is -4.59. The van der Waals surface area contributed by atoms with Crippen molar-refractivity contribution in [2.45, 2.75) is 19.0 Å². The van der Waals surface area contributed by atoms with E-state index in [2.05, 4.69) is 5.32 Å². The predicted molar refractivity (Wildman–Crippen MR) is 104 cm³/mol. The maximum atomic E-state index is 12.9. The molecule has 7 nitrogen and oxygen atoms in total. The SMILES string of the molecule is CS(=O)(=O)N(CCCC(=O)Nc1ccc2c(c1)OCO2)c1cccc(C(F)(F)F)c1. The van der Waals surface area contributed by atoms with Crippen molar-refractivity contribution < 1.29 is 35.9 Å². The van der Waals surface area contributed by atoms with E-state index in [0.717, 1.165) is 28.8 Å². The van der Waals surface area contributed by atoms with Gasteiger partial charge in [0.1, 0.15) is 0 Å². The second-order valence-electron chi connectivity index (χ2n) is 6.60.